The molecule has 0 atom stereocenters. The van der Waals surface area contributed by atoms with Crippen LogP contribution in [-0.2, 0) is 4.18 Å². The summed E-state index contributed by atoms with van der Waals surface area (Å²) in [6, 6.07) is 22.7. The molecule has 0 aliphatic carbocycles. The number of ether oxygens (including phenoxy) is 3. The average molecular weight is 541 g/mol. The number of unbranched alkanes of at least 4 members (excludes halogenated alkanes) is 3. The second kappa shape index (κ2) is 15.2. The van der Waals surface area contributed by atoms with E-state index in [0.29, 0.717) is 42.0 Å². The predicted octanol–water partition coefficient (Wildman–Crippen LogP) is 9.11. The molecule has 0 saturated heterocycles. The number of carbonyl (C=O) groups is 1. The van der Waals surface area contributed by atoms with Crippen molar-refractivity contribution in [3.8, 4) is 17.2 Å². The van der Waals surface area contributed by atoms with Gasteiger partial charge in [0.1, 0.15) is 22.1 Å². The fourth-order valence-corrected chi connectivity index (χ4v) is 7.08. The largest absolute Gasteiger partial charge is 0.517 e. The van der Waals surface area contributed by atoms with Crippen LogP contribution in [0, 0.1) is 0 Å². The molecular formula is C31H40O6S. The summed E-state index contributed by atoms with van der Waals surface area (Å²) in [5, 5.41) is 10.1. The Bertz CT molecular complexity index is 1050. The van der Waals surface area contributed by atoms with E-state index < -0.39 is 16.5 Å². The van der Waals surface area contributed by atoms with E-state index in [0.717, 1.165) is 48.3 Å². The van der Waals surface area contributed by atoms with Crippen LogP contribution in [0.25, 0.3) is 0 Å². The number of benzene rings is 3. The quantitative estimate of drug-likeness (QED) is 0.183. The van der Waals surface area contributed by atoms with Crippen molar-refractivity contribution in [1.82, 2.24) is 0 Å². The van der Waals surface area contributed by atoms with E-state index >= 15 is 0 Å². The molecule has 0 radical (unpaired) electrons. The van der Waals surface area contributed by atoms with Gasteiger partial charge in [-0.05, 0) is 43.5 Å². The maximum Gasteiger partial charge on any atom is 0.517 e. The number of rotatable bonds is 16. The lowest BCUT2D eigenvalue weighted by Crippen LogP contribution is -2.15. The fraction of sp³-hybridized carbons (Fsp3) is 0.387. The van der Waals surface area contributed by atoms with E-state index in [9.17, 15) is 9.90 Å². The summed E-state index contributed by atoms with van der Waals surface area (Å²) in [5.74, 6) is 1.66. The highest BCUT2D eigenvalue weighted by Crippen LogP contribution is 2.73. The predicted molar refractivity (Wildman–Crippen MR) is 152 cm³/mol. The lowest BCUT2D eigenvalue weighted by Gasteiger charge is -2.40. The van der Waals surface area contributed by atoms with Crippen LogP contribution < -0.4 is 14.2 Å². The first-order valence-corrected chi connectivity index (χ1v) is 15.0. The van der Waals surface area contributed by atoms with E-state index in [1.54, 1.807) is 0 Å². The molecule has 3 rings (SSSR count). The lowest BCUT2D eigenvalue weighted by molar-refractivity contribution is 0.150. The molecule has 0 fully saturated rings. The zero-order chi connectivity index (χ0) is 27.2. The van der Waals surface area contributed by atoms with Gasteiger partial charge in [0.25, 0.3) is 0 Å². The van der Waals surface area contributed by atoms with Gasteiger partial charge in [-0.2, -0.15) is 0 Å². The SMILES string of the molecule is CCCCOc1cc(OCCCC)c(S(OC(=O)O)(c2ccccc2)c2ccccc2)c(OCCCC)c1. The first-order chi connectivity index (χ1) is 18.6. The highest BCUT2D eigenvalue weighted by Gasteiger charge is 2.41. The van der Waals surface area contributed by atoms with Gasteiger partial charge >= 0.3 is 6.16 Å². The van der Waals surface area contributed by atoms with Gasteiger partial charge in [0, 0.05) is 32.2 Å². The second-order valence-electron chi connectivity index (χ2n) is 8.89. The Balaban J connectivity index is 2.36. The summed E-state index contributed by atoms with van der Waals surface area (Å²) in [5.41, 5.74) is 0. The molecule has 3 aromatic carbocycles. The molecule has 0 aliphatic rings. The standard InChI is InChI=1S/C31H40O6S/c1-4-7-20-34-25-23-28(35-21-8-5-2)30(29(24-25)36-22-9-6-3)38(37-31(32)33,26-16-12-10-13-17-26)27-18-14-11-15-19-27/h10-19,23-24H,4-9,20-22H2,1-3H3,(H,32,33). The number of carboxylic acid groups (broad SMARTS) is 1. The summed E-state index contributed by atoms with van der Waals surface area (Å²) in [7, 11) is -2.81. The molecule has 0 spiro atoms. The van der Waals surface area contributed by atoms with E-state index in [-0.39, 0.29) is 0 Å². The molecule has 0 aliphatic heterocycles. The molecule has 206 valence electrons. The maximum atomic E-state index is 12.4. The number of hydrogen-bond acceptors (Lipinski definition) is 5. The van der Waals surface area contributed by atoms with Crippen LogP contribution in [0.1, 0.15) is 59.3 Å². The van der Waals surface area contributed by atoms with Gasteiger partial charge in [0.2, 0.25) is 0 Å². The molecular weight excluding hydrogens is 500 g/mol. The van der Waals surface area contributed by atoms with Crippen molar-refractivity contribution in [1.29, 1.82) is 0 Å². The van der Waals surface area contributed by atoms with Crippen molar-refractivity contribution in [2.45, 2.75) is 74.0 Å². The minimum atomic E-state index is -2.81. The highest BCUT2D eigenvalue weighted by atomic mass is 32.3. The van der Waals surface area contributed by atoms with Crippen molar-refractivity contribution in [3.05, 3.63) is 72.8 Å². The zero-order valence-electron chi connectivity index (χ0n) is 22.7. The van der Waals surface area contributed by atoms with E-state index in [1.165, 1.54) is 0 Å². The van der Waals surface area contributed by atoms with Gasteiger partial charge in [-0.1, -0.05) is 76.4 Å². The second-order valence-corrected chi connectivity index (χ2v) is 11.5. The summed E-state index contributed by atoms with van der Waals surface area (Å²) in [4.78, 5) is 14.5. The van der Waals surface area contributed by atoms with Crippen molar-refractivity contribution in [2.75, 3.05) is 19.8 Å². The maximum absolute atomic E-state index is 12.4. The fourth-order valence-electron chi connectivity index (χ4n) is 3.96. The van der Waals surface area contributed by atoms with Gasteiger partial charge in [-0.25, -0.2) is 4.79 Å². The van der Waals surface area contributed by atoms with Crippen LogP contribution in [0.5, 0.6) is 17.2 Å². The molecule has 1 N–H and O–H groups in total. The Morgan fingerprint density at radius 1 is 0.684 bits per heavy atom. The Hall–Kier alpha value is -3.32. The van der Waals surface area contributed by atoms with Gasteiger partial charge < -0.3 is 23.5 Å². The molecule has 0 aromatic heterocycles. The van der Waals surface area contributed by atoms with Gasteiger partial charge in [0.15, 0.2) is 0 Å². The molecule has 0 amide bonds. The molecule has 0 heterocycles. The molecule has 0 bridgehead atoms. The zero-order valence-corrected chi connectivity index (χ0v) is 23.5. The van der Waals surface area contributed by atoms with Crippen LogP contribution in [0.4, 0.5) is 4.79 Å². The van der Waals surface area contributed by atoms with Crippen LogP contribution in [0.2, 0.25) is 0 Å². The average Bonchev–Trinajstić information content (AvgIpc) is 2.93. The summed E-state index contributed by atoms with van der Waals surface area (Å²) in [6.45, 7) is 7.84. The third-order valence-electron chi connectivity index (χ3n) is 5.91. The Morgan fingerprint density at radius 3 is 1.50 bits per heavy atom. The van der Waals surface area contributed by atoms with Crippen LogP contribution in [0.15, 0.2) is 87.5 Å². The Morgan fingerprint density at radius 2 is 1.11 bits per heavy atom. The summed E-state index contributed by atoms with van der Waals surface area (Å²) in [6.07, 6.45) is 4.20. The summed E-state index contributed by atoms with van der Waals surface area (Å²) >= 11 is 0. The Kier molecular flexibility index (Phi) is 11.7. The van der Waals surface area contributed by atoms with Gasteiger partial charge in [-0.3, -0.25) is 0 Å². The van der Waals surface area contributed by atoms with Crippen LogP contribution in [0.3, 0.4) is 0 Å². The van der Waals surface area contributed by atoms with Crippen molar-refractivity contribution < 1.29 is 28.3 Å². The molecule has 38 heavy (non-hydrogen) atoms. The Labute approximate surface area is 228 Å². The summed E-state index contributed by atoms with van der Waals surface area (Å²) < 4.78 is 24.9. The highest BCUT2D eigenvalue weighted by molar-refractivity contribution is 8.30. The number of hydrogen-bond donors (Lipinski definition) is 1. The van der Waals surface area contributed by atoms with Crippen LogP contribution in [-0.4, -0.2) is 31.1 Å². The van der Waals surface area contributed by atoms with Gasteiger partial charge in [-0.15, -0.1) is 0 Å². The smallest absolute Gasteiger partial charge is 0.493 e. The van der Waals surface area contributed by atoms with E-state index in [2.05, 4.69) is 20.8 Å². The topological polar surface area (TPSA) is 74.2 Å². The minimum Gasteiger partial charge on any atom is -0.493 e. The third-order valence-corrected chi connectivity index (χ3v) is 9.15. The lowest BCUT2D eigenvalue weighted by atomic mass is 10.2. The molecule has 6 nitrogen and oxygen atoms in total. The molecule has 3 aromatic rings. The first kappa shape index (κ1) is 29.2. The minimum absolute atomic E-state index is 0.475. The van der Waals surface area contributed by atoms with Gasteiger partial charge in [0.05, 0.1) is 19.8 Å². The van der Waals surface area contributed by atoms with Crippen molar-refractivity contribution in [2.24, 2.45) is 0 Å². The molecule has 0 unspecified atom stereocenters. The monoisotopic (exact) mass is 540 g/mol. The molecule has 7 heteroatoms. The molecule has 0 saturated carbocycles. The van der Waals surface area contributed by atoms with E-state index in [1.807, 2.05) is 72.8 Å². The first-order valence-electron chi connectivity index (χ1n) is 13.5. The van der Waals surface area contributed by atoms with Crippen molar-refractivity contribution >= 4 is 16.5 Å². The van der Waals surface area contributed by atoms with Crippen LogP contribution >= 0.6 is 10.3 Å². The van der Waals surface area contributed by atoms with E-state index in [4.69, 9.17) is 18.4 Å². The third kappa shape index (κ3) is 7.38. The van der Waals surface area contributed by atoms with Crippen molar-refractivity contribution in [3.63, 3.8) is 0 Å². The normalized spacial score (nSPS) is 11.6.